The zero-order chi connectivity index (χ0) is 13.7. The quantitative estimate of drug-likeness (QED) is 0.755. The van der Waals surface area contributed by atoms with Crippen LogP contribution in [0, 0.1) is 5.92 Å². The first-order chi connectivity index (χ1) is 8.49. The van der Waals surface area contributed by atoms with E-state index in [0.29, 0.717) is 16.6 Å². The number of aliphatic hydroxyl groups excluding tert-OH is 1. The van der Waals surface area contributed by atoms with Gasteiger partial charge in [0.15, 0.2) is 0 Å². The van der Waals surface area contributed by atoms with Gasteiger partial charge >= 0.3 is 0 Å². The Balaban J connectivity index is 2.79. The molecule has 0 aliphatic carbocycles. The van der Waals surface area contributed by atoms with Crippen LogP contribution in [-0.4, -0.2) is 24.3 Å². The first-order valence-corrected chi connectivity index (χ1v) is 6.77. The summed E-state index contributed by atoms with van der Waals surface area (Å²) < 4.78 is 0. The Morgan fingerprint density at radius 3 is 2.44 bits per heavy atom. The summed E-state index contributed by atoms with van der Waals surface area (Å²) in [6, 6.07) is 5.67. The summed E-state index contributed by atoms with van der Waals surface area (Å²) in [5.41, 5.74) is 6.79. The normalized spacial score (nSPS) is 16.3. The van der Waals surface area contributed by atoms with E-state index in [0.717, 1.165) is 5.56 Å². The summed E-state index contributed by atoms with van der Waals surface area (Å²) in [5, 5.41) is 13.6. The SMILES string of the molecule is CC(CO)C(C)NC(CN)c1ccc(Cl)c(Cl)c1. The molecule has 3 atom stereocenters. The van der Waals surface area contributed by atoms with Crippen LogP contribution in [0.5, 0.6) is 0 Å². The predicted octanol–water partition coefficient (Wildman–Crippen LogP) is 2.60. The lowest BCUT2D eigenvalue weighted by Gasteiger charge is -2.26. The van der Waals surface area contributed by atoms with E-state index in [2.05, 4.69) is 5.32 Å². The van der Waals surface area contributed by atoms with Gasteiger partial charge in [-0.25, -0.2) is 0 Å². The molecule has 0 heterocycles. The minimum absolute atomic E-state index is 0.00349. The highest BCUT2D eigenvalue weighted by Gasteiger charge is 2.17. The maximum absolute atomic E-state index is 9.13. The molecule has 4 N–H and O–H groups in total. The maximum atomic E-state index is 9.13. The van der Waals surface area contributed by atoms with Crippen LogP contribution >= 0.6 is 23.2 Å². The van der Waals surface area contributed by atoms with Crippen molar-refractivity contribution in [2.75, 3.05) is 13.2 Å². The molecule has 1 rings (SSSR count). The van der Waals surface area contributed by atoms with Crippen LogP contribution in [0.15, 0.2) is 18.2 Å². The second-order valence-electron chi connectivity index (χ2n) is 4.58. The first-order valence-electron chi connectivity index (χ1n) is 6.01. The van der Waals surface area contributed by atoms with E-state index < -0.39 is 0 Å². The molecule has 0 aliphatic rings. The van der Waals surface area contributed by atoms with Gasteiger partial charge in [0.2, 0.25) is 0 Å². The lowest BCUT2D eigenvalue weighted by atomic mass is 10.0. The summed E-state index contributed by atoms with van der Waals surface area (Å²) >= 11 is 11.9. The van der Waals surface area contributed by atoms with Crippen LogP contribution in [-0.2, 0) is 0 Å². The van der Waals surface area contributed by atoms with Gasteiger partial charge in [-0.15, -0.1) is 0 Å². The van der Waals surface area contributed by atoms with Gasteiger partial charge in [-0.05, 0) is 30.5 Å². The molecule has 0 bridgehead atoms. The molecule has 18 heavy (non-hydrogen) atoms. The molecule has 5 heteroatoms. The van der Waals surface area contributed by atoms with Crippen LogP contribution in [0.3, 0.4) is 0 Å². The fourth-order valence-corrected chi connectivity index (χ4v) is 1.98. The van der Waals surface area contributed by atoms with Crippen molar-refractivity contribution in [2.24, 2.45) is 11.7 Å². The van der Waals surface area contributed by atoms with Crippen molar-refractivity contribution in [2.45, 2.75) is 25.9 Å². The van der Waals surface area contributed by atoms with Gasteiger partial charge in [-0.1, -0.05) is 36.2 Å². The third-order valence-corrected chi connectivity index (χ3v) is 3.93. The summed E-state index contributed by atoms with van der Waals surface area (Å²) in [5.74, 6) is 0.168. The average Bonchev–Trinajstić information content (AvgIpc) is 2.38. The van der Waals surface area contributed by atoms with Crippen molar-refractivity contribution in [1.82, 2.24) is 5.32 Å². The second kappa shape index (κ2) is 7.31. The Bertz CT molecular complexity index is 387. The van der Waals surface area contributed by atoms with Gasteiger partial charge in [-0.2, -0.15) is 0 Å². The Morgan fingerprint density at radius 1 is 1.28 bits per heavy atom. The molecule has 0 aliphatic heterocycles. The summed E-state index contributed by atoms with van der Waals surface area (Å²) in [7, 11) is 0. The fraction of sp³-hybridized carbons (Fsp3) is 0.538. The van der Waals surface area contributed by atoms with Crippen LogP contribution < -0.4 is 11.1 Å². The molecule has 3 unspecified atom stereocenters. The maximum Gasteiger partial charge on any atom is 0.0595 e. The van der Waals surface area contributed by atoms with Gasteiger partial charge in [0.05, 0.1) is 10.0 Å². The van der Waals surface area contributed by atoms with E-state index in [1.165, 1.54) is 0 Å². The highest BCUT2D eigenvalue weighted by molar-refractivity contribution is 6.42. The van der Waals surface area contributed by atoms with Crippen molar-refractivity contribution in [3.8, 4) is 0 Å². The molecule has 0 spiro atoms. The van der Waals surface area contributed by atoms with E-state index in [1.54, 1.807) is 6.07 Å². The highest BCUT2D eigenvalue weighted by Crippen LogP contribution is 2.25. The van der Waals surface area contributed by atoms with Crippen LogP contribution in [0.4, 0.5) is 0 Å². The third kappa shape index (κ3) is 4.11. The molecule has 0 radical (unpaired) electrons. The average molecular weight is 291 g/mol. The molecule has 0 saturated heterocycles. The molecule has 0 aromatic heterocycles. The Labute approximate surface area is 118 Å². The zero-order valence-corrected chi connectivity index (χ0v) is 12.2. The topological polar surface area (TPSA) is 58.3 Å². The molecular weight excluding hydrogens is 271 g/mol. The standard InChI is InChI=1S/C13H20Cl2N2O/c1-8(7-18)9(2)17-13(6-16)10-3-4-11(14)12(15)5-10/h3-5,8-9,13,17-18H,6-7,16H2,1-2H3. The van der Waals surface area contributed by atoms with Crippen molar-refractivity contribution in [3.05, 3.63) is 33.8 Å². The van der Waals surface area contributed by atoms with Crippen LogP contribution in [0.2, 0.25) is 10.0 Å². The smallest absolute Gasteiger partial charge is 0.0595 e. The van der Waals surface area contributed by atoms with Crippen molar-refractivity contribution >= 4 is 23.2 Å². The third-order valence-electron chi connectivity index (χ3n) is 3.19. The van der Waals surface area contributed by atoms with E-state index in [4.69, 9.17) is 34.0 Å². The monoisotopic (exact) mass is 290 g/mol. The lowest BCUT2D eigenvalue weighted by Crippen LogP contribution is -2.39. The lowest BCUT2D eigenvalue weighted by molar-refractivity contribution is 0.201. The molecule has 1 aromatic rings. The van der Waals surface area contributed by atoms with E-state index in [9.17, 15) is 0 Å². The Hall–Kier alpha value is -0.320. The Kier molecular flexibility index (Phi) is 6.39. The first kappa shape index (κ1) is 15.7. The van der Waals surface area contributed by atoms with E-state index in [1.807, 2.05) is 26.0 Å². The van der Waals surface area contributed by atoms with Crippen molar-refractivity contribution < 1.29 is 5.11 Å². The number of nitrogens with one attached hydrogen (secondary N) is 1. The number of halogens is 2. The van der Waals surface area contributed by atoms with E-state index in [-0.39, 0.29) is 24.6 Å². The minimum atomic E-state index is 0.00349. The summed E-state index contributed by atoms with van der Waals surface area (Å²) in [6.07, 6.45) is 0. The van der Waals surface area contributed by atoms with Crippen molar-refractivity contribution in [1.29, 1.82) is 0 Å². The van der Waals surface area contributed by atoms with Gasteiger partial charge < -0.3 is 16.2 Å². The van der Waals surface area contributed by atoms with Gasteiger partial charge in [0.1, 0.15) is 0 Å². The number of rotatable bonds is 6. The molecule has 1 aromatic carbocycles. The number of hydrogen-bond donors (Lipinski definition) is 3. The van der Waals surface area contributed by atoms with Crippen LogP contribution in [0.25, 0.3) is 0 Å². The molecule has 0 amide bonds. The molecule has 102 valence electrons. The van der Waals surface area contributed by atoms with Crippen LogP contribution in [0.1, 0.15) is 25.5 Å². The summed E-state index contributed by atoms with van der Waals surface area (Å²) in [6.45, 7) is 4.62. The molecule has 0 fully saturated rings. The van der Waals surface area contributed by atoms with Gasteiger partial charge in [0, 0.05) is 25.2 Å². The summed E-state index contributed by atoms with van der Waals surface area (Å²) in [4.78, 5) is 0. The largest absolute Gasteiger partial charge is 0.396 e. The van der Waals surface area contributed by atoms with Gasteiger partial charge in [-0.3, -0.25) is 0 Å². The highest BCUT2D eigenvalue weighted by atomic mass is 35.5. The van der Waals surface area contributed by atoms with Crippen molar-refractivity contribution in [3.63, 3.8) is 0 Å². The predicted molar refractivity (Wildman–Crippen MR) is 77.1 cm³/mol. The molecule has 0 saturated carbocycles. The minimum Gasteiger partial charge on any atom is -0.396 e. The zero-order valence-electron chi connectivity index (χ0n) is 10.7. The molecule has 3 nitrogen and oxygen atoms in total. The van der Waals surface area contributed by atoms with Gasteiger partial charge in [0.25, 0.3) is 0 Å². The number of aliphatic hydroxyl groups is 1. The van der Waals surface area contributed by atoms with E-state index >= 15 is 0 Å². The number of benzene rings is 1. The number of nitrogens with two attached hydrogens (primary N) is 1. The second-order valence-corrected chi connectivity index (χ2v) is 5.39. The number of hydrogen-bond acceptors (Lipinski definition) is 3. The Morgan fingerprint density at radius 2 is 1.94 bits per heavy atom. The molecular formula is C13H20Cl2N2O. The fourth-order valence-electron chi connectivity index (χ4n) is 1.67.